The van der Waals surface area contributed by atoms with Crippen molar-refractivity contribution >= 4 is 29.1 Å². The second-order valence-electron chi connectivity index (χ2n) is 8.20. The molecule has 2 heterocycles. The average Bonchev–Trinajstić information content (AvgIpc) is 3.29. The normalized spacial score (nSPS) is 13.1. The van der Waals surface area contributed by atoms with E-state index in [9.17, 15) is 28.0 Å². The molecule has 0 bridgehead atoms. The number of nitrogens with one attached hydrogen (secondary N) is 1. The van der Waals surface area contributed by atoms with Crippen LogP contribution in [0.1, 0.15) is 21.6 Å². The number of hydrogen-bond donors (Lipinski definition) is 1. The van der Waals surface area contributed by atoms with Gasteiger partial charge in [0, 0.05) is 27.5 Å². The van der Waals surface area contributed by atoms with Gasteiger partial charge >= 0.3 is 6.18 Å². The van der Waals surface area contributed by atoms with Crippen LogP contribution in [-0.2, 0) is 16.7 Å². The number of nitriles is 1. The number of nitrogens with zero attached hydrogens (tertiary/aromatic N) is 3. The first-order valence-corrected chi connectivity index (χ1v) is 12.1. The lowest BCUT2D eigenvalue weighted by Crippen LogP contribution is -2.29. The quantitative estimate of drug-likeness (QED) is 0.254. The zero-order chi connectivity index (χ0) is 26.2. The van der Waals surface area contributed by atoms with Crippen LogP contribution in [0.5, 0.6) is 0 Å². The van der Waals surface area contributed by atoms with Crippen molar-refractivity contribution < 1.29 is 22.8 Å². The molecule has 1 unspecified atom stereocenters. The number of ketones is 1. The van der Waals surface area contributed by atoms with Crippen LogP contribution in [0.2, 0.25) is 0 Å². The Bertz CT molecular complexity index is 1560. The minimum Gasteiger partial charge on any atom is -0.325 e. The van der Waals surface area contributed by atoms with E-state index in [2.05, 4.69) is 10.4 Å². The van der Waals surface area contributed by atoms with E-state index in [1.54, 1.807) is 48.5 Å². The van der Waals surface area contributed by atoms with Gasteiger partial charge in [0.2, 0.25) is 11.7 Å². The fourth-order valence-electron chi connectivity index (χ4n) is 4.11. The minimum absolute atomic E-state index is 0.106. The van der Waals surface area contributed by atoms with Crippen LogP contribution in [-0.4, -0.2) is 21.5 Å². The Morgan fingerprint density at radius 2 is 1.76 bits per heavy atom. The van der Waals surface area contributed by atoms with Crippen LogP contribution in [0.4, 0.5) is 18.9 Å². The molecule has 37 heavy (non-hydrogen) atoms. The number of carbonyl (C=O) groups is 2. The van der Waals surface area contributed by atoms with E-state index in [4.69, 9.17) is 0 Å². The van der Waals surface area contributed by atoms with Gasteiger partial charge in [-0.2, -0.15) is 23.5 Å². The SMILES string of the molecule is N#CC(C(=O)Nc1ccccc1)C(=O)c1nn(-c2cccc(C(F)(F)F)c2)c2c1CSc1ccccc1-2. The van der Waals surface area contributed by atoms with E-state index in [-0.39, 0.29) is 11.4 Å². The van der Waals surface area contributed by atoms with E-state index in [1.807, 2.05) is 12.1 Å². The summed E-state index contributed by atoms with van der Waals surface area (Å²) in [5.41, 5.74) is 1.15. The molecule has 1 aromatic heterocycles. The lowest BCUT2D eigenvalue weighted by atomic mass is 9.97. The van der Waals surface area contributed by atoms with Crippen LogP contribution in [0.25, 0.3) is 16.9 Å². The van der Waals surface area contributed by atoms with Crippen molar-refractivity contribution in [1.82, 2.24) is 9.78 Å². The molecular formula is C27H17F3N4O2S. The number of para-hydroxylation sites is 1. The molecule has 1 atom stereocenters. The molecule has 0 saturated carbocycles. The first-order valence-electron chi connectivity index (χ1n) is 11.1. The van der Waals surface area contributed by atoms with Crippen LogP contribution >= 0.6 is 11.8 Å². The molecule has 10 heteroatoms. The molecule has 1 amide bonds. The van der Waals surface area contributed by atoms with Gasteiger partial charge in [0.15, 0.2) is 5.92 Å². The number of Topliss-reactive ketones (excluding diaryl/α,β-unsaturated/α-hetero) is 1. The summed E-state index contributed by atoms with van der Waals surface area (Å²) in [5.74, 6) is -3.04. The van der Waals surface area contributed by atoms with Gasteiger partial charge in [0.1, 0.15) is 5.69 Å². The smallest absolute Gasteiger partial charge is 0.325 e. The number of fused-ring (bicyclic) bond motifs is 3. The van der Waals surface area contributed by atoms with Crippen molar-refractivity contribution in [3.63, 3.8) is 0 Å². The lowest BCUT2D eigenvalue weighted by molar-refractivity contribution is -0.137. The van der Waals surface area contributed by atoms with E-state index < -0.39 is 29.3 Å². The van der Waals surface area contributed by atoms with Crippen molar-refractivity contribution in [3.8, 4) is 23.0 Å². The van der Waals surface area contributed by atoms with Crippen LogP contribution in [0, 0.1) is 17.2 Å². The Kier molecular flexibility index (Phi) is 6.31. The number of alkyl halides is 3. The molecule has 5 rings (SSSR count). The highest BCUT2D eigenvalue weighted by molar-refractivity contribution is 7.98. The predicted octanol–water partition coefficient (Wildman–Crippen LogP) is 6.12. The third-order valence-electron chi connectivity index (χ3n) is 5.84. The fourth-order valence-corrected chi connectivity index (χ4v) is 5.18. The Balaban J connectivity index is 1.62. The Hall–Kier alpha value is -4.36. The second-order valence-corrected chi connectivity index (χ2v) is 9.22. The molecule has 0 aliphatic carbocycles. The number of hydrogen-bond acceptors (Lipinski definition) is 5. The molecular weight excluding hydrogens is 501 g/mol. The maximum Gasteiger partial charge on any atom is 0.416 e. The van der Waals surface area contributed by atoms with E-state index in [1.165, 1.54) is 28.6 Å². The number of anilines is 1. The zero-order valence-electron chi connectivity index (χ0n) is 19.0. The Morgan fingerprint density at radius 1 is 1.03 bits per heavy atom. The molecule has 0 fully saturated rings. The highest BCUT2D eigenvalue weighted by atomic mass is 32.2. The number of carbonyl (C=O) groups excluding carboxylic acids is 2. The number of rotatable bonds is 5. The molecule has 1 aliphatic heterocycles. The number of benzene rings is 3. The van der Waals surface area contributed by atoms with Gasteiger partial charge in [-0.05, 0) is 36.4 Å². The summed E-state index contributed by atoms with van der Waals surface area (Å²) < 4.78 is 41.6. The van der Waals surface area contributed by atoms with Gasteiger partial charge in [-0.25, -0.2) is 4.68 Å². The second kappa shape index (κ2) is 9.59. The van der Waals surface area contributed by atoms with E-state index in [0.717, 1.165) is 17.0 Å². The monoisotopic (exact) mass is 518 g/mol. The molecule has 184 valence electrons. The summed E-state index contributed by atoms with van der Waals surface area (Å²) in [6, 6.07) is 22.1. The van der Waals surface area contributed by atoms with Gasteiger partial charge in [0.25, 0.3) is 0 Å². The summed E-state index contributed by atoms with van der Waals surface area (Å²) in [4.78, 5) is 27.2. The lowest BCUT2D eigenvalue weighted by Gasteiger charge is -2.18. The highest BCUT2D eigenvalue weighted by Gasteiger charge is 2.36. The zero-order valence-corrected chi connectivity index (χ0v) is 19.8. The first kappa shape index (κ1) is 24.3. The number of aromatic nitrogens is 2. The standard InChI is InChI=1S/C27H17F3N4O2S/c28-27(29,30)16-7-6-10-18(13-16)34-24-19-11-4-5-12-22(19)37-15-21(24)23(33-34)25(35)20(14-31)26(36)32-17-8-2-1-3-9-17/h1-13,20H,15H2,(H,32,36). The van der Waals surface area contributed by atoms with Gasteiger partial charge in [0.05, 0.1) is 23.0 Å². The third kappa shape index (κ3) is 4.61. The molecule has 1 aliphatic rings. The molecule has 6 nitrogen and oxygen atoms in total. The Morgan fingerprint density at radius 3 is 2.49 bits per heavy atom. The fraction of sp³-hybridized carbons (Fsp3) is 0.111. The first-order chi connectivity index (χ1) is 17.8. The predicted molar refractivity (Wildman–Crippen MR) is 132 cm³/mol. The minimum atomic E-state index is -4.57. The maximum absolute atomic E-state index is 13.5. The summed E-state index contributed by atoms with van der Waals surface area (Å²) in [6.07, 6.45) is -4.57. The van der Waals surface area contributed by atoms with Crippen molar-refractivity contribution in [2.75, 3.05) is 5.32 Å². The summed E-state index contributed by atoms with van der Waals surface area (Å²) >= 11 is 1.44. The van der Waals surface area contributed by atoms with Gasteiger partial charge in [-0.15, -0.1) is 11.8 Å². The van der Waals surface area contributed by atoms with Crippen LogP contribution in [0.3, 0.4) is 0 Å². The summed E-state index contributed by atoms with van der Waals surface area (Å²) in [7, 11) is 0. The molecule has 1 N–H and O–H groups in total. The average molecular weight is 519 g/mol. The van der Waals surface area contributed by atoms with Crippen LogP contribution < -0.4 is 5.32 Å². The third-order valence-corrected chi connectivity index (χ3v) is 6.94. The topological polar surface area (TPSA) is 87.8 Å². The van der Waals surface area contributed by atoms with E-state index >= 15 is 0 Å². The molecule has 3 aromatic carbocycles. The molecule has 0 radical (unpaired) electrons. The van der Waals surface area contributed by atoms with Crippen molar-refractivity contribution in [2.45, 2.75) is 16.8 Å². The largest absolute Gasteiger partial charge is 0.416 e. The van der Waals surface area contributed by atoms with Crippen LogP contribution in [0.15, 0.2) is 83.8 Å². The van der Waals surface area contributed by atoms with Gasteiger partial charge < -0.3 is 5.32 Å². The van der Waals surface area contributed by atoms with Crippen molar-refractivity contribution in [2.24, 2.45) is 5.92 Å². The van der Waals surface area contributed by atoms with E-state index in [0.29, 0.717) is 28.3 Å². The number of halogens is 3. The maximum atomic E-state index is 13.5. The number of thioether (sulfide) groups is 1. The van der Waals surface area contributed by atoms with Crippen molar-refractivity contribution in [1.29, 1.82) is 5.26 Å². The van der Waals surface area contributed by atoms with Gasteiger partial charge in [-0.3, -0.25) is 9.59 Å². The summed E-state index contributed by atoms with van der Waals surface area (Å²) in [6.45, 7) is 0. The highest BCUT2D eigenvalue weighted by Crippen LogP contribution is 2.44. The van der Waals surface area contributed by atoms with Gasteiger partial charge in [-0.1, -0.05) is 42.5 Å². The molecule has 0 saturated heterocycles. The Labute approximate surface area is 213 Å². The number of amides is 1. The molecule has 4 aromatic rings. The molecule has 0 spiro atoms. The van der Waals surface area contributed by atoms with Crippen molar-refractivity contribution in [3.05, 3.63) is 95.7 Å². The summed E-state index contributed by atoms with van der Waals surface area (Å²) in [5, 5.41) is 16.7.